The van der Waals surface area contributed by atoms with Crippen LogP contribution >= 0.6 is 0 Å². The minimum absolute atomic E-state index is 0.0726. The molecule has 0 spiro atoms. The van der Waals surface area contributed by atoms with Gasteiger partial charge in [0.05, 0.1) is 20.6 Å². The van der Waals surface area contributed by atoms with Crippen molar-refractivity contribution in [1.82, 2.24) is 15.5 Å². The second-order valence-electron chi connectivity index (χ2n) is 6.34. The van der Waals surface area contributed by atoms with Crippen LogP contribution in [0.1, 0.15) is 43.0 Å². The Kier molecular flexibility index (Phi) is 4.92. The minimum Gasteiger partial charge on any atom is -0.493 e. The molecule has 1 fully saturated rings. The summed E-state index contributed by atoms with van der Waals surface area (Å²) < 4.78 is 15.6. The first-order chi connectivity index (χ1) is 12.1. The Morgan fingerprint density at radius 3 is 2.56 bits per heavy atom. The van der Waals surface area contributed by atoms with Crippen molar-refractivity contribution in [3.8, 4) is 11.5 Å². The first-order valence-corrected chi connectivity index (χ1v) is 8.39. The number of hydrogen-bond acceptors (Lipinski definition) is 6. The minimum atomic E-state index is -0.522. The van der Waals surface area contributed by atoms with Crippen molar-refractivity contribution in [1.29, 1.82) is 0 Å². The van der Waals surface area contributed by atoms with E-state index >= 15 is 0 Å². The van der Waals surface area contributed by atoms with Crippen LogP contribution in [0.5, 0.6) is 11.5 Å². The van der Waals surface area contributed by atoms with E-state index < -0.39 is 5.54 Å². The normalized spacial score (nSPS) is 15.8. The van der Waals surface area contributed by atoms with E-state index in [1.54, 1.807) is 27.2 Å². The summed E-state index contributed by atoms with van der Waals surface area (Å²) in [6.45, 7) is 1.75. The highest BCUT2D eigenvalue weighted by molar-refractivity contribution is 5.79. The summed E-state index contributed by atoms with van der Waals surface area (Å²) in [6.07, 6.45) is 3.96. The molecule has 7 nitrogen and oxygen atoms in total. The molecule has 25 heavy (non-hydrogen) atoms. The van der Waals surface area contributed by atoms with Crippen molar-refractivity contribution < 1.29 is 18.8 Å². The third-order valence-corrected chi connectivity index (χ3v) is 4.60. The van der Waals surface area contributed by atoms with Crippen LogP contribution in [-0.2, 0) is 16.8 Å². The molecule has 0 radical (unpaired) electrons. The van der Waals surface area contributed by atoms with E-state index in [1.165, 1.54) is 0 Å². The Morgan fingerprint density at radius 2 is 1.96 bits per heavy atom. The van der Waals surface area contributed by atoms with Gasteiger partial charge in [-0.25, -0.2) is 0 Å². The maximum absolute atomic E-state index is 12.6. The zero-order valence-corrected chi connectivity index (χ0v) is 14.8. The van der Waals surface area contributed by atoms with Crippen LogP contribution in [0.2, 0.25) is 0 Å². The lowest BCUT2D eigenvalue weighted by Crippen LogP contribution is -2.45. The Morgan fingerprint density at radius 1 is 1.24 bits per heavy atom. The van der Waals surface area contributed by atoms with Gasteiger partial charge in [-0.05, 0) is 30.5 Å². The highest BCUT2D eigenvalue weighted by atomic mass is 16.5. The molecule has 1 N–H and O–H groups in total. The lowest BCUT2D eigenvalue weighted by molar-refractivity contribution is -0.122. The summed E-state index contributed by atoms with van der Waals surface area (Å²) in [5.74, 6) is 2.26. The van der Waals surface area contributed by atoms with Gasteiger partial charge in [0.1, 0.15) is 5.54 Å². The van der Waals surface area contributed by atoms with E-state index in [4.69, 9.17) is 14.0 Å². The topological polar surface area (TPSA) is 86.5 Å². The average molecular weight is 345 g/mol. The molecular formula is C18H23N3O4. The summed E-state index contributed by atoms with van der Waals surface area (Å²) in [6, 6.07) is 5.48. The van der Waals surface area contributed by atoms with Crippen LogP contribution in [-0.4, -0.2) is 30.3 Å². The Hall–Kier alpha value is -2.57. The maximum atomic E-state index is 12.6. The fraction of sp³-hybridized carbons (Fsp3) is 0.500. The van der Waals surface area contributed by atoms with E-state index in [1.807, 2.05) is 12.1 Å². The number of amides is 1. The first kappa shape index (κ1) is 17.3. The highest BCUT2D eigenvalue weighted by Crippen LogP contribution is 2.37. The number of methoxy groups -OCH3 is 2. The van der Waals surface area contributed by atoms with E-state index in [-0.39, 0.29) is 12.3 Å². The van der Waals surface area contributed by atoms with Gasteiger partial charge in [-0.2, -0.15) is 4.98 Å². The lowest BCUT2D eigenvalue weighted by Gasteiger charge is -2.26. The monoisotopic (exact) mass is 345 g/mol. The van der Waals surface area contributed by atoms with Crippen molar-refractivity contribution in [2.75, 3.05) is 14.2 Å². The molecule has 1 aromatic heterocycles. The molecule has 0 unspecified atom stereocenters. The number of carbonyl (C=O) groups excluding carboxylic acids is 1. The summed E-state index contributed by atoms with van der Waals surface area (Å²) >= 11 is 0. The van der Waals surface area contributed by atoms with Gasteiger partial charge in [-0.3, -0.25) is 4.79 Å². The third-order valence-electron chi connectivity index (χ3n) is 4.60. The van der Waals surface area contributed by atoms with Gasteiger partial charge in [-0.1, -0.05) is 24.1 Å². The fourth-order valence-corrected chi connectivity index (χ4v) is 3.36. The van der Waals surface area contributed by atoms with Gasteiger partial charge >= 0.3 is 0 Å². The SMILES string of the molecule is COc1ccc(CC(=O)NC2(c3noc(C)n3)CCCC2)cc1OC. The number of hydrogen-bond donors (Lipinski definition) is 1. The second kappa shape index (κ2) is 7.13. The van der Waals surface area contributed by atoms with Crippen molar-refractivity contribution >= 4 is 5.91 Å². The molecule has 3 rings (SSSR count). The number of benzene rings is 1. The van der Waals surface area contributed by atoms with E-state index in [0.29, 0.717) is 23.2 Å². The van der Waals surface area contributed by atoms with Gasteiger partial charge in [0.15, 0.2) is 17.3 Å². The Balaban J connectivity index is 1.75. The van der Waals surface area contributed by atoms with Crippen LogP contribution in [0.3, 0.4) is 0 Å². The molecule has 1 aliphatic carbocycles. The number of aromatic nitrogens is 2. The lowest BCUT2D eigenvalue weighted by atomic mass is 9.96. The molecule has 1 aliphatic rings. The zero-order valence-electron chi connectivity index (χ0n) is 14.8. The molecule has 1 aromatic carbocycles. The molecule has 1 saturated carbocycles. The molecule has 7 heteroatoms. The predicted octanol–water partition coefficient (Wildman–Crippen LogP) is 2.52. The smallest absolute Gasteiger partial charge is 0.225 e. The number of ether oxygens (including phenoxy) is 2. The number of nitrogens with one attached hydrogen (secondary N) is 1. The van der Waals surface area contributed by atoms with E-state index in [2.05, 4.69) is 15.5 Å². The van der Waals surface area contributed by atoms with Crippen LogP contribution < -0.4 is 14.8 Å². The van der Waals surface area contributed by atoms with E-state index in [0.717, 1.165) is 31.2 Å². The Labute approximate surface area is 146 Å². The third kappa shape index (κ3) is 3.60. The summed E-state index contributed by atoms with van der Waals surface area (Å²) in [7, 11) is 3.16. The molecule has 134 valence electrons. The van der Waals surface area contributed by atoms with Gasteiger partial charge in [0.25, 0.3) is 0 Å². The fourth-order valence-electron chi connectivity index (χ4n) is 3.36. The number of carbonyl (C=O) groups is 1. The molecule has 0 atom stereocenters. The van der Waals surface area contributed by atoms with Gasteiger partial charge in [-0.15, -0.1) is 0 Å². The van der Waals surface area contributed by atoms with Crippen molar-refractivity contribution in [3.05, 3.63) is 35.5 Å². The van der Waals surface area contributed by atoms with Gasteiger partial charge in [0, 0.05) is 6.92 Å². The predicted molar refractivity (Wildman–Crippen MR) is 90.6 cm³/mol. The molecule has 0 bridgehead atoms. The summed E-state index contributed by atoms with van der Waals surface area (Å²) in [4.78, 5) is 17.0. The number of nitrogens with zero attached hydrogens (tertiary/aromatic N) is 2. The first-order valence-electron chi connectivity index (χ1n) is 8.39. The standard InChI is InChI=1S/C18H23N3O4/c1-12-19-17(21-25-12)18(8-4-5-9-18)20-16(22)11-13-6-7-14(23-2)15(10-13)24-3/h6-7,10H,4-5,8-9,11H2,1-3H3,(H,20,22). The highest BCUT2D eigenvalue weighted by Gasteiger charge is 2.41. The maximum Gasteiger partial charge on any atom is 0.225 e. The number of rotatable bonds is 6. The van der Waals surface area contributed by atoms with Crippen molar-refractivity contribution in [3.63, 3.8) is 0 Å². The van der Waals surface area contributed by atoms with Crippen LogP contribution in [0.4, 0.5) is 0 Å². The molecule has 1 heterocycles. The van der Waals surface area contributed by atoms with Gasteiger partial charge in [0.2, 0.25) is 11.8 Å². The van der Waals surface area contributed by atoms with Crippen LogP contribution in [0, 0.1) is 6.92 Å². The largest absolute Gasteiger partial charge is 0.493 e. The summed E-state index contributed by atoms with van der Waals surface area (Å²) in [5.41, 5.74) is 0.332. The zero-order chi connectivity index (χ0) is 17.9. The number of aryl methyl sites for hydroxylation is 1. The molecular weight excluding hydrogens is 322 g/mol. The second-order valence-corrected chi connectivity index (χ2v) is 6.34. The molecule has 2 aromatic rings. The van der Waals surface area contributed by atoms with Crippen LogP contribution in [0.15, 0.2) is 22.7 Å². The van der Waals surface area contributed by atoms with Gasteiger partial charge < -0.3 is 19.3 Å². The molecule has 1 amide bonds. The van der Waals surface area contributed by atoms with E-state index in [9.17, 15) is 4.79 Å². The average Bonchev–Trinajstić information content (AvgIpc) is 3.24. The Bertz CT molecular complexity index is 751. The van der Waals surface area contributed by atoms with Crippen molar-refractivity contribution in [2.45, 2.75) is 44.6 Å². The van der Waals surface area contributed by atoms with Crippen LogP contribution in [0.25, 0.3) is 0 Å². The quantitative estimate of drug-likeness (QED) is 0.866. The molecule has 0 saturated heterocycles. The molecule has 0 aliphatic heterocycles. The summed E-state index contributed by atoms with van der Waals surface area (Å²) in [5, 5.41) is 7.18. The van der Waals surface area contributed by atoms with Crippen molar-refractivity contribution in [2.24, 2.45) is 0 Å².